The second-order valence-corrected chi connectivity index (χ2v) is 9.05. The zero-order valence-corrected chi connectivity index (χ0v) is 15.4. The van der Waals surface area contributed by atoms with Crippen LogP contribution in [0.15, 0.2) is 51.1 Å². The zero-order chi connectivity index (χ0) is 17.4. The molecule has 0 saturated carbocycles. The van der Waals surface area contributed by atoms with Crippen molar-refractivity contribution in [1.29, 1.82) is 0 Å². The Morgan fingerprint density at radius 3 is 2.88 bits per heavy atom. The Labute approximate surface area is 154 Å². The van der Waals surface area contributed by atoms with Crippen molar-refractivity contribution >= 4 is 33.0 Å². The number of hydrogen-bond donors (Lipinski definition) is 0. The monoisotopic (exact) mass is 395 g/mol. The molecule has 130 valence electrons. The van der Waals surface area contributed by atoms with Crippen molar-refractivity contribution in [2.45, 2.75) is 17.2 Å². The molecule has 0 radical (unpaired) electrons. The molecule has 6 nitrogen and oxygen atoms in total. The first-order chi connectivity index (χ1) is 12.0. The van der Waals surface area contributed by atoms with Gasteiger partial charge in [-0.15, -0.1) is 21.5 Å². The van der Waals surface area contributed by atoms with E-state index in [-0.39, 0.29) is 10.8 Å². The second kappa shape index (κ2) is 6.53. The normalized spacial score (nSPS) is 18.7. The maximum Gasteiger partial charge on any atom is 0.257 e. The van der Waals surface area contributed by atoms with Gasteiger partial charge in [0.05, 0.1) is 15.7 Å². The van der Waals surface area contributed by atoms with E-state index in [2.05, 4.69) is 10.2 Å². The molecule has 0 bridgehead atoms. The highest BCUT2D eigenvalue weighted by Crippen LogP contribution is 2.33. The van der Waals surface area contributed by atoms with Crippen molar-refractivity contribution in [1.82, 2.24) is 14.5 Å². The highest BCUT2D eigenvalue weighted by atomic mass is 35.5. The van der Waals surface area contributed by atoms with E-state index in [1.807, 2.05) is 17.5 Å². The average molecular weight is 396 g/mol. The minimum Gasteiger partial charge on any atom is -0.420 e. The summed E-state index contributed by atoms with van der Waals surface area (Å²) in [4.78, 5) is 1.10. The molecule has 0 unspecified atom stereocenters. The first-order valence-electron chi connectivity index (χ1n) is 7.67. The fourth-order valence-electron chi connectivity index (χ4n) is 2.82. The summed E-state index contributed by atoms with van der Waals surface area (Å²) in [6, 6.07) is 10.1. The largest absolute Gasteiger partial charge is 0.420 e. The van der Waals surface area contributed by atoms with Gasteiger partial charge in [0.15, 0.2) is 0 Å². The molecule has 1 aliphatic heterocycles. The van der Waals surface area contributed by atoms with E-state index < -0.39 is 10.0 Å². The molecule has 3 aromatic rings. The van der Waals surface area contributed by atoms with Gasteiger partial charge in [0.1, 0.15) is 0 Å². The first kappa shape index (κ1) is 16.7. The number of aromatic nitrogens is 2. The third kappa shape index (κ3) is 3.22. The molecule has 1 aromatic carbocycles. The van der Waals surface area contributed by atoms with Gasteiger partial charge in [-0.2, -0.15) is 4.31 Å². The van der Waals surface area contributed by atoms with E-state index in [4.69, 9.17) is 16.0 Å². The second-order valence-electron chi connectivity index (χ2n) is 5.73. The van der Waals surface area contributed by atoms with Crippen LogP contribution in [0.1, 0.15) is 18.2 Å². The van der Waals surface area contributed by atoms with Gasteiger partial charge in [0.25, 0.3) is 5.89 Å². The molecule has 0 aliphatic carbocycles. The molecule has 4 rings (SSSR count). The van der Waals surface area contributed by atoms with E-state index in [0.717, 1.165) is 4.88 Å². The molecule has 1 fully saturated rings. The Morgan fingerprint density at radius 2 is 2.12 bits per heavy atom. The van der Waals surface area contributed by atoms with Crippen LogP contribution in [0, 0.1) is 0 Å². The molecule has 0 amide bonds. The summed E-state index contributed by atoms with van der Waals surface area (Å²) < 4.78 is 32.7. The molecule has 0 N–H and O–H groups in total. The van der Waals surface area contributed by atoms with Gasteiger partial charge in [-0.3, -0.25) is 0 Å². The first-order valence-corrected chi connectivity index (χ1v) is 10.4. The minimum absolute atomic E-state index is 0.102. The average Bonchev–Trinajstić information content (AvgIpc) is 3.33. The summed E-state index contributed by atoms with van der Waals surface area (Å²) in [6.45, 7) is 0.733. The van der Waals surface area contributed by atoms with Gasteiger partial charge in [-0.05, 0) is 36.1 Å². The van der Waals surface area contributed by atoms with Crippen LogP contribution in [0.3, 0.4) is 0 Å². The van der Waals surface area contributed by atoms with E-state index >= 15 is 0 Å². The predicted octanol–water partition coefficient (Wildman–Crippen LogP) is 3.63. The fourth-order valence-corrected chi connectivity index (χ4v) is 5.27. The minimum atomic E-state index is -3.58. The van der Waals surface area contributed by atoms with Gasteiger partial charge in [-0.25, -0.2) is 8.42 Å². The summed E-state index contributed by atoms with van der Waals surface area (Å²) >= 11 is 7.44. The SMILES string of the molecule is O=S(=O)(c1cccc(Cl)c1)N1CC[C@@H](c2nnc(-c3cccs3)o2)C1. The molecule has 3 heterocycles. The number of hydrogen-bond acceptors (Lipinski definition) is 6. The van der Waals surface area contributed by atoms with Crippen molar-refractivity contribution in [3.05, 3.63) is 52.7 Å². The zero-order valence-electron chi connectivity index (χ0n) is 13.0. The van der Waals surface area contributed by atoms with Crippen LogP contribution >= 0.6 is 22.9 Å². The van der Waals surface area contributed by atoms with Crippen LogP contribution in [0.4, 0.5) is 0 Å². The van der Waals surface area contributed by atoms with Crippen LogP contribution < -0.4 is 0 Å². The topological polar surface area (TPSA) is 76.3 Å². The highest BCUT2D eigenvalue weighted by Gasteiger charge is 2.35. The van der Waals surface area contributed by atoms with Crippen LogP contribution in [0.2, 0.25) is 5.02 Å². The summed E-state index contributed by atoms with van der Waals surface area (Å²) in [7, 11) is -3.58. The highest BCUT2D eigenvalue weighted by molar-refractivity contribution is 7.89. The molecule has 0 spiro atoms. The summed E-state index contributed by atoms with van der Waals surface area (Å²) in [5, 5.41) is 10.5. The molecule has 9 heteroatoms. The number of halogens is 1. The molecular weight excluding hydrogens is 382 g/mol. The predicted molar refractivity (Wildman–Crippen MR) is 95.2 cm³/mol. The van der Waals surface area contributed by atoms with Crippen LogP contribution in [-0.4, -0.2) is 36.0 Å². The lowest BCUT2D eigenvalue weighted by atomic mass is 10.1. The Bertz CT molecular complexity index is 986. The van der Waals surface area contributed by atoms with Crippen molar-refractivity contribution in [3.8, 4) is 10.8 Å². The Morgan fingerprint density at radius 1 is 1.24 bits per heavy atom. The molecule has 1 saturated heterocycles. The van der Waals surface area contributed by atoms with Gasteiger partial charge in [0, 0.05) is 18.1 Å². The van der Waals surface area contributed by atoms with E-state index in [0.29, 0.717) is 36.3 Å². The van der Waals surface area contributed by atoms with E-state index in [1.54, 1.807) is 18.2 Å². The van der Waals surface area contributed by atoms with Crippen molar-refractivity contribution in [2.24, 2.45) is 0 Å². The Balaban J connectivity index is 1.53. The summed E-state index contributed by atoms with van der Waals surface area (Å²) in [5.41, 5.74) is 0. The lowest BCUT2D eigenvalue weighted by Crippen LogP contribution is -2.28. The van der Waals surface area contributed by atoms with E-state index in [1.165, 1.54) is 21.7 Å². The molecule has 1 aliphatic rings. The lowest BCUT2D eigenvalue weighted by Gasteiger charge is -2.16. The van der Waals surface area contributed by atoms with Crippen LogP contribution in [-0.2, 0) is 10.0 Å². The fraction of sp³-hybridized carbons (Fsp3) is 0.250. The lowest BCUT2D eigenvalue weighted by molar-refractivity contribution is 0.440. The third-order valence-corrected chi connectivity index (χ3v) is 7.06. The standard InChI is InChI=1S/C16H14ClN3O3S2/c17-12-3-1-4-13(9-12)25(21,22)20-7-6-11(10-20)15-18-19-16(23-15)14-5-2-8-24-14/h1-5,8-9,11H,6-7,10H2/t11-/m1/s1. The Hall–Kier alpha value is -1.74. The smallest absolute Gasteiger partial charge is 0.257 e. The number of nitrogens with zero attached hydrogens (tertiary/aromatic N) is 3. The maximum atomic E-state index is 12.8. The van der Waals surface area contributed by atoms with E-state index in [9.17, 15) is 8.42 Å². The Kier molecular flexibility index (Phi) is 4.36. The van der Waals surface area contributed by atoms with Crippen molar-refractivity contribution in [2.75, 3.05) is 13.1 Å². The number of rotatable bonds is 4. The van der Waals surface area contributed by atoms with Gasteiger partial charge >= 0.3 is 0 Å². The van der Waals surface area contributed by atoms with Crippen molar-refractivity contribution < 1.29 is 12.8 Å². The van der Waals surface area contributed by atoms with Gasteiger partial charge in [0.2, 0.25) is 15.9 Å². The number of thiophene rings is 1. The van der Waals surface area contributed by atoms with Gasteiger partial charge in [-0.1, -0.05) is 23.7 Å². The maximum absolute atomic E-state index is 12.8. The number of sulfonamides is 1. The van der Waals surface area contributed by atoms with Crippen molar-refractivity contribution in [3.63, 3.8) is 0 Å². The molecule has 25 heavy (non-hydrogen) atoms. The quantitative estimate of drug-likeness (QED) is 0.674. The van der Waals surface area contributed by atoms with Crippen LogP contribution in [0.25, 0.3) is 10.8 Å². The molecule has 2 aromatic heterocycles. The third-order valence-electron chi connectivity index (χ3n) is 4.11. The number of benzene rings is 1. The van der Waals surface area contributed by atoms with Crippen LogP contribution in [0.5, 0.6) is 0 Å². The molecule has 1 atom stereocenters. The van der Waals surface area contributed by atoms with Gasteiger partial charge < -0.3 is 4.42 Å². The molecular formula is C16H14ClN3O3S2. The summed E-state index contributed by atoms with van der Waals surface area (Å²) in [6.07, 6.45) is 0.645. The summed E-state index contributed by atoms with van der Waals surface area (Å²) in [5.74, 6) is 0.850.